The molecule has 3 fully saturated rings. The molecule has 2 aromatic rings. The smallest absolute Gasteiger partial charge is 0.269 e. The van der Waals surface area contributed by atoms with E-state index in [0.29, 0.717) is 37.5 Å². The Morgan fingerprint density at radius 3 is 2.63 bits per heavy atom. The number of piperidine rings is 1. The summed E-state index contributed by atoms with van der Waals surface area (Å²) in [7, 11) is 0. The van der Waals surface area contributed by atoms with Crippen LogP contribution in [-0.4, -0.2) is 49.1 Å². The van der Waals surface area contributed by atoms with E-state index in [-0.39, 0.29) is 23.4 Å². The molecule has 1 N–H and O–H groups in total. The van der Waals surface area contributed by atoms with E-state index in [1.165, 1.54) is 38.3 Å². The lowest BCUT2D eigenvalue weighted by Gasteiger charge is -2.52. The zero-order valence-corrected chi connectivity index (χ0v) is 20.7. The molecule has 5 rings (SSSR count). The number of amides is 1. The number of rotatable bonds is 6. The zero-order valence-electron chi connectivity index (χ0n) is 20.7. The Morgan fingerprint density at radius 1 is 1.09 bits per heavy atom. The van der Waals surface area contributed by atoms with Gasteiger partial charge in [-0.1, -0.05) is 44.9 Å². The van der Waals surface area contributed by atoms with Crippen LogP contribution in [0, 0.1) is 11.3 Å². The van der Waals surface area contributed by atoms with Crippen molar-refractivity contribution in [2.24, 2.45) is 11.3 Å². The average Bonchev–Trinajstić information content (AvgIpc) is 3.37. The monoisotopic (exact) mass is 478 g/mol. The van der Waals surface area contributed by atoms with E-state index >= 15 is 0 Å². The molecule has 0 radical (unpaired) electrons. The van der Waals surface area contributed by atoms with Gasteiger partial charge in [-0.2, -0.15) is 0 Å². The van der Waals surface area contributed by atoms with Crippen molar-refractivity contribution < 1.29 is 9.90 Å². The topological polar surface area (TPSA) is 88.3 Å². The minimum Gasteiger partial charge on any atom is -0.387 e. The number of aromatic nitrogens is 3. The largest absolute Gasteiger partial charge is 0.387 e. The molecule has 1 unspecified atom stereocenters. The molecule has 1 aliphatic heterocycles. The van der Waals surface area contributed by atoms with E-state index in [1.54, 1.807) is 23.2 Å². The van der Waals surface area contributed by atoms with Crippen LogP contribution < -0.4 is 5.56 Å². The molecule has 1 spiro atoms. The standard InChI is InChI=1S/C28H38N4O3/c33-25(11-10-22-7-2-1-3-8-22)31-16-14-28(35,27(20-31)12-4-5-13-27)21-32-19-24(30-18-26(32)34)23-9-6-15-29-17-23/h6,9,15,17-19,22,35H,1-5,7-8,10-14,16,20-21H2. The first-order chi connectivity index (χ1) is 17.0. The number of carbonyl (C=O) groups excluding carboxylic acids is 1. The summed E-state index contributed by atoms with van der Waals surface area (Å²) < 4.78 is 1.61. The molecule has 2 saturated carbocycles. The molecule has 1 saturated heterocycles. The lowest BCUT2D eigenvalue weighted by Crippen LogP contribution is -2.62. The molecule has 0 bridgehead atoms. The number of nitrogens with zero attached hydrogens (tertiary/aromatic N) is 4. The average molecular weight is 479 g/mol. The highest BCUT2D eigenvalue weighted by Gasteiger charge is 2.55. The van der Waals surface area contributed by atoms with E-state index < -0.39 is 5.60 Å². The minimum atomic E-state index is -1.03. The second-order valence-electron chi connectivity index (χ2n) is 11.1. The fourth-order valence-corrected chi connectivity index (χ4v) is 6.79. The molecule has 7 heteroatoms. The third-order valence-corrected chi connectivity index (χ3v) is 8.95. The summed E-state index contributed by atoms with van der Waals surface area (Å²) in [5.74, 6) is 0.936. The second-order valence-corrected chi connectivity index (χ2v) is 11.1. The maximum Gasteiger partial charge on any atom is 0.269 e. The number of pyridine rings is 1. The van der Waals surface area contributed by atoms with Gasteiger partial charge in [0.1, 0.15) is 0 Å². The van der Waals surface area contributed by atoms with Gasteiger partial charge in [-0.3, -0.25) is 14.6 Å². The maximum absolute atomic E-state index is 13.2. The van der Waals surface area contributed by atoms with Gasteiger partial charge in [-0.15, -0.1) is 0 Å². The summed E-state index contributed by atoms with van der Waals surface area (Å²) in [5, 5.41) is 12.1. The van der Waals surface area contributed by atoms with Crippen molar-refractivity contribution >= 4 is 5.91 Å². The maximum atomic E-state index is 13.2. The molecular weight excluding hydrogens is 440 g/mol. The molecule has 1 amide bonds. The number of hydrogen-bond donors (Lipinski definition) is 1. The first kappa shape index (κ1) is 24.2. The third kappa shape index (κ3) is 5.06. The van der Waals surface area contributed by atoms with Crippen molar-refractivity contribution in [3.63, 3.8) is 0 Å². The Morgan fingerprint density at radius 2 is 1.89 bits per heavy atom. The van der Waals surface area contributed by atoms with Crippen LogP contribution in [0.2, 0.25) is 0 Å². The summed E-state index contributed by atoms with van der Waals surface area (Å²) in [5.41, 5.74) is -0.103. The van der Waals surface area contributed by atoms with E-state index in [0.717, 1.165) is 37.7 Å². The van der Waals surface area contributed by atoms with Crippen LogP contribution in [0.4, 0.5) is 0 Å². The van der Waals surface area contributed by atoms with Gasteiger partial charge in [0.05, 0.1) is 24.0 Å². The van der Waals surface area contributed by atoms with Gasteiger partial charge in [0.2, 0.25) is 5.91 Å². The van der Waals surface area contributed by atoms with Crippen LogP contribution in [-0.2, 0) is 11.3 Å². The molecule has 0 aromatic carbocycles. The predicted molar refractivity (Wildman–Crippen MR) is 135 cm³/mol. The summed E-state index contributed by atoms with van der Waals surface area (Å²) in [4.78, 5) is 36.4. The number of aliphatic hydroxyl groups is 1. The van der Waals surface area contributed by atoms with Crippen LogP contribution >= 0.6 is 0 Å². The predicted octanol–water partition coefficient (Wildman–Crippen LogP) is 4.19. The first-order valence-corrected chi connectivity index (χ1v) is 13.5. The molecule has 7 nitrogen and oxygen atoms in total. The highest BCUT2D eigenvalue weighted by atomic mass is 16.3. The van der Waals surface area contributed by atoms with E-state index in [4.69, 9.17) is 0 Å². The summed E-state index contributed by atoms with van der Waals surface area (Å²) in [6.45, 7) is 1.38. The minimum absolute atomic E-state index is 0.217. The van der Waals surface area contributed by atoms with Crippen molar-refractivity contribution in [1.82, 2.24) is 19.4 Å². The molecule has 35 heavy (non-hydrogen) atoms. The Bertz CT molecular complexity index is 1070. The lowest BCUT2D eigenvalue weighted by molar-refractivity contribution is -0.160. The first-order valence-electron chi connectivity index (χ1n) is 13.5. The van der Waals surface area contributed by atoms with E-state index in [1.807, 2.05) is 17.0 Å². The summed E-state index contributed by atoms with van der Waals surface area (Å²) in [6.07, 6.45) is 19.0. The fraction of sp³-hybridized carbons (Fsp3) is 0.643. The molecule has 2 aliphatic carbocycles. The third-order valence-electron chi connectivity index (χ3n) is 8.95. The number of likely N-dealkylation sites (tertiary alicyclic amines) is 1. The lowest BCUT2D eigenvalue weighted by atomic mass is 9.65. The summed E-state index contributed by atoms with van der Waals surface area (Å²) >= 11 is 0. The van der Waals surface area contributed by atoms with Crippen molar-refractivity contribution in [2.75, 3.05) is 13.1 Å². The molecule has 3 aliphatic rings. The fourth-order valence-electron chi connectivity index (χ4n) is 6.79. The SMILES string of the molecule is O=C(CCC1CCCCC1)N1CCC(O)(Cn2cc(-c3cccnc3)ncc2=O)C2(CCCC2)C1. The number of hydrogen-bond acceptors (Lipinski definition) is 5. The van der Waals surface area contributed by atoms with E-state index in [2.05, 4.69) is 9.97 Å². The van der Waals surface area contributed by atoms with Crippen LogP contribution in [0.5, 0.6) is 0 Å². The van der Waals surface area contributed by atoms with Gasteiger partial charge < -0.3 is 14.6 Å². The van der Waals surface area contributed by atoms with Crippen molar-refractivity contribution in [1.29, 1.82) is 0 Å². The highest BCUT2D eigenvalue weighted by molar-refractivity contribution is 5.76. The van der Waals surface area contributed by atoms with Gasteiger partial charge in [0, 0.05) is 49.1 Å². The number of carbonyl (C=O) groups is 1. The normalized spacial score (nSPS) is 24.7. The Kier molecular flexibility index (Phi) is 7.05. The molecule has 3 heterocycles. The van der Waals surface area contributed by atoms with Crippen LogP contribution in [0.15, 0.2) is 41.7 Å². The van der Waals surface area contributed by atoms with Crippen LogP contribution in [0.3, 0.4) is 0 Å². The van der Waals surface area contributed by atoms with Gasteiger partial charge in [-0.25, -0.2) is 4.98 Å². The van der Waals surface area contributed by atoms with Gasteiger partial charge >= 0.3 is 0 Å². The Hall–Kier alpha value is -2.54. The summed E-state index contributed by atoms with van der Waals surface area (Å²) in [6, 6.07) is 3.75. The van der Waals surface area contributed by atoms with Gasteiger partial charge in [0.25, 0.3) is 5.56 Å². The Balaban J connectivity index is 1.32. The van der Waals surface area contributed by atoms with Crippen molar-refractivity contribution in [3.8, 4) is 11.3 Å². The molecule has 2 aromatic heterocycles. The van der Waals surface area contributed by atoms with Gasteiger partial charge in [0.15, 0.2) is 0 Å². The van der Waals surface area contributed by atoms with Crippen molar-refractivity contribution in [3.05, 3.63) is 47.3 Å². The van der Waals surface area contributed by atoms with E-state index in [9.17, 15) is 14.7 Å². The Labute approximate surface area is 207 Å². The van der Waals surface area contributed by atoms with Gasteiger partial charge in [-0.05, 0) is 43.7 Å². The van der Waals surface area contributed by atoms with Crippen molar-refractivity contribution in [2.45, 2.75) is 89.2 Å². The van der Waals surface area contributed by atoms with Crippen LogP contribution in [0.1, 0.15) is 77.0 Å². The molecular formula is C28H38N4O3. The quantitative estimate of drug-likeness (QED) is 0.673. The van der Waals surface area contributed by atoms with Crippen LogP contribution in [0.25, 0.3) is 11.3 Å². The molecule has 188 valence electrons. The highest BCUT2D eigenvalue weighted by Crippen LogP contribution is 2.51. The second kappa shape index (κ2) is 10.2. The molecule has 1 atom stereocenters. The zero-order chi connectivity index (χ0) is 24.3.